The average Bonchev–Trinajstić information content (AvgIpc) is 2.10. The molecule has 0 fully saturated rings. The Morgan fingerprint density at radius 1 is 1.25 bits per heavy atom. The molecule has 0 aromatic heterocycles. The molecule has 0 saturated carbocycles. The number of rotatable bonds is 8. The first kappa shape index (κ1) is 11.1. The van der Waals surface area contributed by atoms with Crippen LogP contribution in [-0.2, 0) is 9.78 Å². The normalized spacial score (nSPS) is 10.3. The maximum absolute atomic E-state index is 4.81. The van der Waals surface area contributed by atoms with Gasteiger partial charge in [0, 0.05) is 0 Å². The second kappa shape index (κ2) is 10.1. The first-order chi connectivity index (χ1) is 5.91. The fourth-order valence-corrected chi connectivity index (χ4v) is 0.528. The average molecular weight is 169 g/mol. The molecule has 68 valence electrons. The minimum absolute atomic E-state index is 0.467. The van der Waals surface area contributed by atoms with E-state index in [4.69, 9.17) is 9.78 Å². The van der Waals surface area contributed by atoms with Gasteiger partial charge in [-0.3, -0.25) is 4.99 Å². The van der Waals surface area contributed by atoms with Gasteiger partial charge >= 0.3 is 0 Å². The predicted octanol–water partition coefficient (Wildman–Crippen LogP) is 1.77. The van der Waals surface area contributed by atoms with Gasteiger partial charge in [-0.1, -0.05) is 24.8 Å². The summed E-state index contributed by atoms with van der Waals surface area (Å²) in [6, 6.07) is 0. The summed E-state index contributed by atoms with van der Waals surface area (Å²) >= 11 is 0. The third-order valence-electron chi connectivity index (χ3n) is 1.06. The molecule has 0 unspecified atom stereocenters. The molecule has 0 radical (unpaired) electrons. The summed E-state index contributed by atoms with van der Waals surface area (Å²) in [5.41, 5.74) is 0. The van der Waals surface area contributed by atoms with Crippen LogP contribution in [0.3, 0.4) is 0 Å². The summed E-state index contributed by atoms with van der Waals surface area (Å²) in [7, 11) is 0. The second-order valence-electron chi connectivity index (χ2n) is 2.04. The lowest BCUT2D eigenvalue weighted by atomic mass is 10.4. The Hall–Kier alpha value is -0.930. The highest BCUT2D eigenvalue weighted by Crippen LogP contribution is 1.87. The number of hydrogen-bond acceptors (Lipinski definition) is 3. The van der Waals surface area contributed by atoms with Crippen LogP contribution in [0.4, 0.5) is 0 Å². The highest BCUT2D eigenvalue weighted by molar-refractivity contribution is 5.22. The zero-order chi connectivity index (χ0) is 9.07. The number of nitrogens with zero attached hydrogens (tertiary/aromatic N) is 1. The molecule has 0 spiro atoms. The van der Waals surface area contributed by atoms with Gasteiger partial charge in [0.05, 0.1) is 13.2 Å². The van der Waals surface area contributed by atoms with Gasteiger partial charge in [0.15, 0.2) is 0 Å². The van der Waals surface area contributed by atoms with E-state index in [0.29, 0.717) is 19.8 Å². The Labute approximate surface area is 73.3 Å². The molecular weight excluding hydrogens is 154 g/mol. The van der Waals surface area contributed by atoms with Gasteiger partial charge in [-0.05, 0) is 13.1 Å². The van der Waals surface area contributed by atoms with Gasteiger partial charge < -0.3 is 0 Å². The summed E-state index contributed by atoms with van der Waals surface area (Å²) < 4.78 is 0. The predicted molar refractivity (Wildman–Crippen MR) is 50.3 cm³/mol. The molecule has 0 aliphatic rings. The van der Waals surface area contributed by atoms with Crippen LogP contribution in [0.1, 0.15) is 6.42 Å². The minimum atomic E-state index is 0.467. The van der Waals surface area contributed by atoms with Crippen molar-refractivity contribution in [2.75, 3.05) is 19.8 Å². The molecule has 0 saturated heterocycles. The highest BCUT2D eigenvalue weighted by Gasteiger charge is 1.85. The number of hydrogen-bond donors (Lipinski definition) is 0. The van der Waals surface area contributed by atoms with Crippen LogP contribution in [0, 0.1) is 0 Å². The Balaban J connectivity index is 2.95. The molecule has 0 amide bonds. The van der Waals surface area contributed by atoms with Gasteiger partial charge in [0.25, 0.3) is 0 Å². The highest BCUT2D eigenvalue weighted by atomic mass is 17.2. The van der Waals surface area contributed by atoms with E-state index in [1.807, 2.05) is 12.2 Å². The quantitative estimate of drug-likeness (QED) is 0.182. The van der Waals surface area contributed by atoms with Crippen molar-refractivity contribution in [1.82, 2.24) is 0 Å². The summed E-state index contributed by atoms with van der Waals surface area (Å²) in [5.74, 6) is 0. The van der Waals surface area contributed by atoms with Crippen LogP contribution in [0.15, 0.2) is 29.8 Å². The van der Waals surface area contributed by atoms with E-state index < -0.39 is 0 Å². The fourth-order valence-electron chi connectivity index (χ4n) is 0.528. The third-order valence-corrected chi connectivity index (χ3v) is 1.06. The van der Waals surface area contributed by atoms with Crippen molar-refractivity contribution in [1.29, 1.82) is 0 Å². The topological polar surface area (TPSA) is 30.8 Å². The maximum atomic E-state index is 4.81. The van der Waals surface area contributed by atoms with Gasteiger partial charge in [0.2, 0.25) is 0 Å². The molecule has 0 aromatic carbocycles. The Kier molecular flexibility index (Phi) is 9.29. The summed E-state index contributed by atoms with van der Waals surface area (Å²) in [6.45, 7) is 8.45. The second-order valence-corrected chi connectivity index (χ2v) is 2.04. The smallest absolute Gasteiger partial charge is 0.102 e. The lowest BCUT2D eigenvalue weighted by Crippen LogP contribution is -2.00. The molecule has 0 aliphatic heterocycles. The Morgan fingerprint density at radius 2 is 2.00 bits per heavy atom. The number of allylic oxidation sites excluding steroid dienone is 2. The van der Waals surface area contributed by atoms with Crippen molar-refractivity contribution < 1.29 is 9.78 Å². The standard InChI is InChI=1S/C9H15NO2/c1-3-4-5-6-8-11-12-9-7-10-2/h3-5H,1-2,6-9H2/b5-4+. The summed E-state index contributed by atoms with van der Waals surface area (Å²) in [6.07, 6.45) is 6.38. The van der Waals surface area contributed by atoms with Crippen molar-refractivity contribution in [2.24, 2.45) is 4.99 Å². The van der Waals surface area contributed by atoms with E-state index in [-0.39, 0.29) is 0 Å². The molecule has 0 aliphatic carbocycles. The van der Waals surface area contributed by atoms with E-state index in [1.165, 1.54) is 0 Å². The minimum Gasteiger partial charge on any atom is -0.298 e. The molecule has 3 nitrogen and oxygen atoms in total. The maximum Gasteiger partial charge on any atom is 0.102 e. The molecule has 0 heterocycles. The molecular formula is C9H15NO2. The SMILES string of the molecule is C=C/C=C/CCOOCCN=C. The first-order valence-electron chi connectivity index (χ1n) is 3.86. The van der Waals surface area contributed by atoms with Crippen LogP contribution in [0.25, 0.3) is 0 Å². The lowest BCUT2D eigenvalue weighted by Gasteiger charge is -1.99. The molecule has 0 aromatic rings. The van der Waals surface area contributed by atoms with Crippen molar-refractivity contribution in [3.63, 3.8) is 0 Å². The van der Waals surface area contributed by atoms with Gasteiger partial charge in [0.1, 0.15) is 6.61 Å². The van der Waals surface area contributed by atoms with Crippen LogP contribution in [-0.4, -0.2) is 26.5 Å². The molecule has 3 heteroatoms. The zero-order valence-corrected chi connectivity index (χ0v) is 7.24. The van der Waals surface area contributed by atoms with E-state index in [0.717, 1.165) is 6.42 Å². The summed E-state index contributed by atoms with van der Waals surface area (Å²) in [4.78, 5) is 13.2. The van der Waals surface area contributed by atoms with E-state index in [9.17, 15) is 0 Å². The van der Waals surface area contributed by atoms with E-state index >= 15 is 0 Å². The van der Waals surface area contributed by atoms with Crippen molar-refractivity contribution >= 4 is 6.72 Å². The lowest BCUT2D eigenvalue weighted by molar-refractivity contribution is -0.291. The Morgan fingerprint density at radius 3 is 2.67 bits per heavy atom. The van der Waals surface area contributed by atoms with Crippen molar-refractivity contribution in [3.05, 3.63) is 24.8 Å². The zero-order valence-electron chi connectivity index (χ0n) is 7.24. The fraction of sp³-hybridized carbons (Fsp3) is 0.444. The van der Waals surface area contributed by atoms with Gasteiger partial charge in [-0.25, -0.2) is 9.78 Å². The van der Waals surface area contributed by atoms with Gasteiger partial charge in [-0.2, -0.15) is 0 Å². The van der Waals surface area contributed by atoms with Crippen LogP contribution >= 0.6 is 0 Å². The van der Waals surface area contributed by atoms with E-state index in [2.05, 4.69) is 18.3 Å². The van der Waals surface area contributed by atoms with Crippen LogP contribution in [0.5, 0.6) is 0 Å². The number of aliphatic imine (C=N–C) groups is 1. The first-order valence-corrected chi connectivity index (χ1v) is 3.86. The molecule has 0 bridgehead atoms. The monoisotopic (exact) mass is 169 g/mol. The van der Waals surface area contributed by atoms with E-state index in [1.54, 1.807) is 6.08 Å². The molecule has 0 atom stereocenters. The largest absolute Gasteiger partial charge is 0.298 e. The Bertz CT molecular complexity index is 143. The molecule has 0 rings (SSSR count). The third kappa shape index (κ3) is 9.07. The molecule has 0 N–H and O–H groups in total. The van der Waals surface area contributed by atoms with Crippen molar-refractivity contribution in [3.8, 4) is 0 Å². The van der Waals surface area contributed by atoms with Crippen LogP contribution < -0.4 is 0 Å². The molecule has 12 heavy (non-hydrogen) atoms. The van der Waals surface area contributed by atoms with Crippen LogP contribution in [0.2, 0.25) is 0 Å². The van der Waals surface area contributed by atoms with Crippen molar-refractivity contribution in [2.45, 2.75) is 6.42 Å². The van der Waals surface area contributed by atoms with Gasteiger partial charge in [-0.15, -0.1) is 0 Å². The summed E-state index contributed by atoms with van der Waals surface area (Å²) in [5, 5.41) is 0.